The lowest BCUT2D eigenvalue weighted by molar-refractivity contribution is -0.150. The van der Waals surface area contributed by atoms with Gasteiger partial charge in [0.2, 0.25) is 5.91 Å². The number of carbonyl (C=O) groups is 2. The van der Waals surface area contributed by atoms with E-state index in [0.717, 1.165) is 12.0 Å². The van der Waals surface area contributed by atoms with Gasteiger partial charge in [0.05, 0.1) is 13.2 Å². The first kappa shape index (κ1) is 28.2. The molecule has 6 nitrogen and oxygen atoms in total. The molecule has 0 radical (unpaired) electrons. The number of nitrogens with two attached hydrogens (primary N) is 1. The van der Waals surface area contributed by atoms with Crippen molar-refractivity contribution in [3.63, 3.8) is 0 Å². The van der Waals surface area contributed by atoms with E-state index in [1.54, 1.807) is 18.7 Å². The molecule has 0 bridgehead atoms. The third-order valence-corrected chi connectivity index (χ3v) is 7.84. The van der Waals surface area contributed by atoms with Crippen molar-refractivity contribution in [1.82, 2.24) is 4.90 Å². The maximum Gasteiger partial charge on any atom is 0.355 e. The third-order valence-electron chi connectivity index (χ3n) is 6.48. The van der Waals surface area contributed by atoms with Gasteiger partial charge in [-0.1, -0.05) is 90.4 Å². The van der Waals surface area contributed by atoms with Crippen LogP contribution in [0.15, 0.2) is 11.3 Å². The SMILES string of the molecule is CCCCCCCCCCCCCCCCOCC1=C(C(=O)OCC)N2C(=O)C(N)[C@H]2SC1. The van der Waals surface area contributed by atoms with Gasteiger partial charge in [0.15, 0.2) is 0 Å². The van der Waals surface area contributed by atoms with Gasteiger partial charge in [-0.3, -0.25) is 9.69 Å². The molecule has 0 aromatic heterocycles. The number of hydrogen-bond acceptors (Lipinski definition) is 6. The molecule has 2 rings (SSSR count). The molecule has 2 aliphatic heterocycles. The minimum atomic E-state index is -0.530. The molecule has 1 fully saturated rings. The van der Waals surface area contributed by atoms with Gasteiger partial charge >= 0.3 is 5.97 Å². The van der Waals surface area contributed by atoms with Crippen LogP contribution in [0.5, 0.6) is 0 Å². The standard InChI is InChI=1S/C26H46N2O4S/c1-3-5-6-7-8-9-10-11-12-13-14-15-16-17-18-31-19-21-20-33-25-22(27)24(29)28(25)23(21)26(30)32-4-2/h22,25H,3-20,27H2,1-2H3/t22?,25-/m1/s1. The van der Waals surface area contributed by atoms with Crippen molar-refractivity contribution < 1.29 is 19.1 Å². The zero-order valence-corrected chi connectivity index (χ0v) is 21.8. The van der Waals surface area contributed by atoms with Gasteiger partial charge in [0.1, 0.15) is 17.1 Å². The van der Waals surface area contributed by atoms with E-state index in [1.807, 2.05) is 0 Å². The van der Waals surface area contributed by atoms with Crippen molar-refractivity contribution in [2.45, 2.75) is 115 Å². The molecule has 190 valence electrons. The lowest BCUT2D eigenvalue weighted by Crippen LogP contribution is -2.68. The molecular weight excluding hydrogens is 436 g/mol. The number of amides is 1. The fourth-order valence-electron chi connectivity index (χ4n) is 4.47. The molecule has 2 aliphatic rings. The molecule has 0 aromatic rings. The quantitative estimate of drug-likeness (QED) is 0.148. The summed E-state index contributed by atoms with van der Waals surface area (Å²) < 4.78 is 11.0. The summed E-state index contributed by atoms with van der Waals surface area (Å²) >= 11 is 1.59. The van der Waals surface area contributed by atoms with Crippen molar-refractivity contribution in [3.05, 3.63) is 11.3 Å². The van der Waals surface area contributed by atoms with E-state index in [1.165, 1.54) is 88.4 Å². The highest BCUT2D eigenvalue weighted by molar-refractivity contribution is 8.00. The summed E-state index contributed by atoms with van der Waals surface area (Å²) in [5, 5.41) is -0.161. The van der Waals surface area contributed by atoms with Crippen LogP contribution in [-0.4, -0.2) is 53.8 Å². The van der Waals surface area contributed by atoms with Crippen LogP contribution < -0.4 is 5.73 Å². The summed E-state index contributed by atoms with van der Waals surface area (Å²) in [7, 11) is 0. The predicted octanol–water partition coefficient (Wildman–Crippen LogP) is 5.54. The van der Waals surface area contributed by atoms with Crippen LogP contribution in [0.3, 0.4) is 0 Å². The Morgan fingerprint density at radius 2 is 1.48 bits per heavy atom. The Morgan fingerprint density at radius 1 is 0.939 bits per heavy atom. The summed E-state index contributed by atoms with van der Waals surface area (Å²) in [4.78, 5) is 26.1. The minimum absolute atomic E-state index is 0.161. The molecule has 0 saturated carbocycles. The highest BCUT2D eigenvalue weighted by Gasteiger charge is 2.52. The van der Waals surface area contributed by atoms with Crippen LogP contribution in [0.25, 0.3) is 0 Å². The fraction of sp³-hybridized carbons (Fsp3) is 0.846. The fourth-order valence-corrected chi connectivity index (χ4v) is 5.75. The maximum absolute atomic E-state index is 12.4. The summed E-state index contributed by atoms with van der Waals surface area (Å²) in [5.74, 6) is -0.00690. The molecular formula is C26H46N2O4S. The smallest absolute Gasteiger partial charge is 0.355 e. The lowest BCUT2D eigenvalue weighted by atomic mass is 10.0. The molecule has 33 heavy (non-hydrogen) atoms. The zero-order valence-electron chi connectivity index (χ0n) is 20.9. The number of thioether (sulfide) groups is 1. The number of rotatable bonds is 19. The number of ether oxygens (including phenoxy) is 2. The zero-order chi connectivity index (χ0) is 23.9. The second-order valence-electron chi connectivity index (χ2n) is 9.26. The van der Waals surface area contributed by atoms with E-state index in [0.29, 0.717) is 24.7 Å². The van der Waals surface area contributed by atoms with Crippen LogP contribution in [0.2, 0.25) is 0 Å². The van der Waals surface area contributed by atoms with Gasteiger partial charge in [0.25, 0.3) is 0 Å². The highest BCUT2D eigenvalue weighted by atomic mass is 32.2. The van der Waals surface area contributed by atoms with E-state index >= 15 is 0 Å². The van der Waals surface area contributed by atoms with Gasteiger partial charge in [-0.2, -0.15) is 0 Å². The Labute approximate surface area is 205 Å². The van der Waals surface area contributed by atoms with Gasteiger partial charge in [-0.05, 0) is 18.9 Å². The molecule has 1 amide bonds. The number of β-lactam (4-membered cyclic amide) rings is 1. The van der Waals surface area contributed by atoms with Crippen LogP contribution in [0.4, 0.5) is 0 Å². The van der Waals surface area contributed by atoms with Crippen molar-refractivity contribution in [1.29, 1.82) is 0 Å². The molecule has 0 spiro atoms. The van der Waals surface area contributed by atoms with Crippen LogP contribution in [-0.2, 0) is 19.1 Å². The molecule has 0 aliphatic carbocycles. The lowest BCUT2D eigenvalue weighted by Gasteiger charge is -2.48. The Kier molecular flexibility index (Phi) is 14.1. The third kappa shape index (κ3) is 9.25. The van der Waals surface area contributed by atoms with Gasteiger partial charge < -0.3 is 15.2 Å². The van der Waals surface area contributed by atoms with Crippen molar-refractivity contribution in [2.75, 3.05) is 25.6 Å². The molecule has 7 heteroatoms. The van der Waals surface area contributed by atoms with Crippen LogP contribution in [0, 0.1) is 0 Å². The monoisotopic (exact) mass is 482 g/mol. The first-order valence-electron chi connectivity index (χ1n) is 13.3. The predicted molar refractivity (Wildman–Crippen MR) is 136 cm³/mol. The van der Waals surface area contributed by atoms with Crippen molar-refractivity contribution >= 4 is 23.6 Å². The average Bonchev–Trinajstić information content (AvgIpc) is 2.82. The molecule has 2 atom stereocenters. The molecule has 1 unspecified atom stereocenters. The van der Waals surface area contributed by atoms with Gasteiger partial charge in [-0.25, -0.2) is 4.79 Å². The van der Waals surface area contributed by atoms with E-state index in [-0.39, 0.29) is 17.9 Å². The second-order valence-corrected chi connectivity index (χ2v) is 10.4. The molecule has 2 heterocycles. The summed E-state index contributed by atoms with van der Waals surface area (Å²) in [6, 6.07) is -0.530. The minimum Gasteiger partial charge on any atom is -0.461 e. The highest BCUT2D eigenvalue weighted by Crippen LogP contribution is 2.39. The first-order chi connectivity index (χ1) is 16.1. The summed E-state index contributed by atoms with van der Waals surface area (Å²) in [6.45, 7) is 5.36. The van der Waals surface area contributed by atoms with Crippen LogP contribution in [0.1, 0.15) is 104 Å². The molecule has 1 saturated heterocycles. The Hall–Kier alpha value is -1.05. The molecule has 0 aromatic carbocycles. The van der Waals surface area contributed by atoms with Gasteiger partial charge in [-0.15, -0.1) is 11.8 Å². The topological polar surface area (TPSA) is 81.9 Å². The number of fused-ring (bicyclic) bond motifs is 1. The number of unbranched alkanes of at least 4 members (excludes halogenated alkanes) is 13. The number of nitrogens with zero attached hydrogens (tertiary/aromatic N) is 1. The van der Waals surface area contributed by atoms with Gasteiger partial charge in [0, 0.05) is 12.4 Å². The largest absolute Gasteiger partial charge is 0.461 e. The molecule has 2 N–H and O–H groups in total. The normalized spacial score (nSPS) is 20.1. The number of esters is 1. The first-order valence-corrected chi connectivity index (χ1v) is 14.3. The summed E-state index contributed by atoms with van der Waals surface area (Å²) in [5.41, 5.74) is 7.07. The van der Waals surface area contributed by atoms with Crippen molar-refractivity contribution in [3.8, 4) is 0 Å². The van der Waals surface area contributed by atoms with E-state index in [9.17, 15) is 9.59 Å². The Morgan fingerprint density at radius 3 is 2.03 bits per heavy atom. The Balaban J connectivity index is 1.52. The maximum atomic E-state index is 12.4. The Bertz CT molecular complexity index is 625. The summed E-state index contributed by atoms with van der Waals surface area (Å²) in [6.07, 6.45) is 18.7. The van der Waals surface area contributed by atoms with Crippen LogP contribution >= 0.6 is 11.8 Å². The van der Waals surface area contributed by atoms with E-state index in [4.69, 9.17) is 15.2 Å². The van der Waals surface area contributed by atoms with E-state index < -0.39 is 12.0 Å². The average molecular weight is 483 g/mol. The van der Waals surface area contributed by atoms with E-state index in [2.05, 4.69) is 6.92 Å². The second kappa shape index (κ2) is 16.6. The van der Waals surface area contributed by atoms with Crippen molar-refractivity contribution in [2.24, 2.45) is 5.73 Å². The number of carbonyl (C=O) groups excluding carboxylic acids is 2. The number of hydrogen-bond donors (Lipinski definition) is 1.